The van der Waals surface area contributed by atoms with Crippen LogP contribution in [0.2, 0.25) is 0 Å². The van der Waals surface area contributed by atoms with E-state index >= 15 is 0 Å². The largest absolute Gasteiger partial charge is 0.428 e. The van der Waals surface area contributed by atoms with Crippen molar-refractivity contribution in [2.24, 2.45) is 5.73 Å². The summed E-state index contributed by atoms with van der Waals surface area (Å²) in [7, 11) is -3.75. The summed E-state index contributed by atoms with van der Waals surface area (Å²) in [4.78, 5) is 14.4. The van der Waals surface area contributed by atoms with Crippen LogP contribution in [0.15, 0.2) is 27.8 Å². The number of benzene rings is 1. The van der Waals surface area contributed by atoms with Crippen molar-refractivity contribution in [2.45, 2.75) is 11.6 Å². The SMILES string of the molecule is NC(=O)CCS(=O)(=O)c1nc2cc(N)ccc2o1. The number of amides is 1. The fourth-order valence-corrected chi connectivity index (χ4v) is 2.48. The maximum absolute atomic E-state index is 11.8. The van der Waals surface area contributed by atoms with E-state index in [9.17, 15) is 13.2 Å². The number of hydrogen-bond donors (Lipinski definition) is 2. The number of fused-ring (bicyclic) bond motifs is 1. The number of rotatable bonds is 4. The Balaban J connectivity index is 2.38. The number of nitrogen functional groups attached to an aromatic ring is 1. The van der Waals surface area contributed by atoms with E-state index in [1.165, 1.54) is 12.1 Å². The van der Waals surface area contributed by atoms with Crippen molar-refractivity contribution in [1.82, 2.24) is 4.98 Å². The lowest BCUT2D eigenvalue weighted by atomic mass is 10.3. The van der Waals surface area contributed by atoms with Crippen LogP contribution in [-0.4, -0.2) is 25.1 Å². The summed E-state index contributed by atoms with van der Waals surface area (Å²) in [5.41, 5.74) is 11.6. The van der Waals surface area contributed by atoms with Gasteiger partial charge in [0.05, 0.1) is 5.75 Å². The van der Waals surface area contributed by atoms with Crippen molar-refractivity contribution in [3.63, 3.8) is 0 Å². The molecule has 0 aliphatic heterocycles. The van der Waals surface area contributed by atoms with Crippen molar-refractivity contribution >= 4 is 32.5 Å². The minimum atomic E-state index is -3.75. The Labute approximate surface area is 103 Å². The van der Waals surface area contributed by atoms with Crippen LogP contribution in [0.25, 0.3) is 11.1 Å². The smallest absolute Gasteiger partial charge is 0.316 e. The van der Waals surface area contributed by atoms with Gasteiger partial charge in [0.25, 0.3) is 0 Å². The molecular formula is C10H11N3O4S. The zero-order chi connectivity index (χ0) is 13.3. The maximum Gasteiger partial charge on any atom is 0.316 e. The molecule has 2 aromatic rings. The third kappa shape index (κ3) is 2.43. The molecule has 0 saturated carbocycles. The van der Waals surface area contributed by atoms with Crippen LogP contribution in [0.1, 0.15) is 6.42 Å². The normalized spacial score (nSPS) is 11.8. The molecule has 0 aliphatic carbocycles. The van der Waals surface area contributed by atoms with Gasteiger partial charge in [-0.3, -0.25) is 4.79 Å². The molecular weight excluding hydrogens is 258 g/mol. The van der Waals surface area contributed by atoms with Gasteiger partial charge in [-0.25, -0.2) is 8.42 Å². The number of nitrogens with two attached hydrogens (primary N) is 2. The summed E-state index contributed by atoms with van der Waals surface area (Å²) in [6.07, 6.45) is -0.275. The quantitative estimate of drug-likeness (QED) is 0.755. The second kappa shape index (κ2) is 4.30. The molecule has 1 aromatic carbocycles. The Kier molecular flexibility index (Phi) is 2.95. The summed E-state index contributed by atoms with van der Waals surface area (Å²) >= 11 is 0. The summed E-state index contributed by atoms with van der Waals surface area (Å²) < 4.78 is 28.7. The molecule has 1 heterocycles. The number of carbonyl (C=O) groups excluding carboxylic acids is 1. The number of oxazole rings is 1. The van der Waals surface area contributed by atoms with Gasteiger partial charge < -0.3 is 15.9 Å². The Bertz CT molecular complexity index is 705. The Hall–Kier alpha value is -2.09. The van der Waals surface area contributed by atoms with Crippen molar-refractivity contribution in [1.29, 1.82) is 0 Å². The highest BCUT2D eigenvalue weighted by molar-refractivity contribution is 7.91. The van der Waals surface area contributed by atoms with Crippen molar-refractivity contribution in [3.05, 3.63) is 18.2 Å². The molecule has 0 bridgehead atoms. The van der Waals surface area contributed by atoms with Gasteiger partial charge in [-0.05, 0) is 18.2 Å². The molecule has 1 amide bonds. The molecule has 0 radical (unpaired) electrons. The van der Waals surface area contributed by atoms with E-state index in [1.54, 1.807) is 6.07 Å². The molecule has 8 heteroatoms. The molecule has 0 unspecified atom stereocenters. The van der Waals surface area contributed by atoms with Crippen LogP contribution in [-0.2, 0) is 14.6 Å². The van der Waals surface area contributed by atoms with Crippen LogP contribution in [0, 0.1) is 0 Å². The molecule has 2 rings (SSSR count). The predicted octanol–water partition coefficient (Wildman–Crippen LogP) is 0.0591. The Morgan fingerprint density at radius 3 is 2.78 bits per heavy atom. The van der Waals surface area contributed by atoms with E-state index in [-0.39, 0.29) is 6.42 Å². The van der Waals surface area contributed by atoms with Crippen molar-refractivity contribution in [2.75, 3.05) is 11.5 Å². The fraction of sp³-hybridized carbons (Fsp3) is 0.200. The predicted molar refractivity (Wildman–Crippen MR) is 64.3 cm³/mol. The van der Waals surface area contributed by atoms with Crippen LogP contribution in [0.5, 0.6) is 0 Å². The summed E-state index contributed by atoms with van der Waals surface area (Å²) in [6.45, 7) is 0. The minimum Gasteiger partial charge on any atom is -0.428 e. The first-order valence-electron chi connectivity index (χ1n) is 5.05. The van der Waals surface area contributed by atoms with E-state index in [0.717, 1.165) is 0 Å². The molecule has 0 spiro atoms. The molecule has 0 aliphatic rings. The fourth-order valence-electron chi connectivity index (χ4n) is 1.38. The lowest BCUT2D eigenvalue weighted by Gasteiger charge is -1.96. The Morgan fingerprint density at radius 1 is 1.39 bits per heavy atom. The summed E-state index contributed by atoms with van der Waals surface area (Å²) in [6, 6.07) is 4.62. The number of aromatic nitrogens is 1. The van der Waals surface area contributed by atoms with Gasteiger partial charge in [-0.15, -0.1) is 0 Å². The molecule has 0 atom stereocenters. The lowest BCUT2D eigenvalue weighted by molar-refractivity contribution is -0.117. The summed E-state index contributed by atoms with van der Waals surface area (Å²) in [5, 5.41) is -0.427. The van der Waals surface area contributed by atoms with Gasteiger partial charge in [-0.2, -0.15) is 4.98 Å². The number of nitrogens with zero attached hydrogens (tertiary/aromatic N) is 1. The van der Waals surface area contributed by atoms with E-state index in [0.29, 0.717) is 16.8 Å². The van der Waals surface area contributed by atoms with E-state index in [1.807, 2.05) is 0 Å². The second-order valence-electron chi connectivity index (χ2n) is 3.74. The highest BCUT2D eigenvalue weighted by Gasteiger charge is 2.22. The standard InChI is InChI=1S/C10H11N3O4S/c11-6-1-2-8-7(5-6)13-10(17-8)18(15,16)4-3-9(12)14/h1-2,5H,3-4,11H2,(H2,12,14). The molecule has 1 aromatic heterocycles. The van der Waals surface area contributed by atoms with Crippen molar-refractivity contribution in [3.8, 4) is 0 Å². The number of hydrogen-bond acceptors (Lipinski definition) is 6. The van der Waals surface area contributed by atoms with Crippen LogP contribution >= 0.6 is 0 Å². The van der Waals surface area contributed by atoms with Gasteiger partial charge >= 0.3 is 5.22 Å². The van der Waals surface area contributed by atoms with E-state index in [4.69, 9.17) is 15.9 Å². The van der Waals surface area contributed by atoms with Crippen LogP contribution < -0.4 is 11.5 Å². The topological polar surface area (TPSA) is 129 Å². The second-order valence-corrected chi connectivity index (χ2v) is 5.73. The van der Waals surface area contributed by atoms with Gasteiger partial charge in [0.15, 0.2) is 5.58 Å². The average molecular weight is 269 g/mol. The Morgan fingerprint density at radius 2 is 2.11 bits per heavy atom. The van der Waals surface area contributed by atoms with Gasteiger partial charge in [-0.1, -0.05) is 0 Å². The minimum absolute atomic E-state index is 0.275. The van der Waals surface area contributed by atoms with E-state index in [2.05, 4.69) is 4.98 Å². The highest BCUT2D eigenvalue weighted by atomic mass is 32.2. The molecule has 96 valence electrons. The number of primary amides is 1. The molecule has 4 N–H and O–H groups in total. The first kappa shape index (κ1) is 12.4. The zero-order valence-corrected chi connectivity index (χ0v) is 10.1. The molecule has 0 fully saturated rings. The first-order valence-corrected chi connectivity index (χ1v) is 6.71. The van der Waals surface area contributed by atoms with Gasteiger partial charge in [0.2, 0.25) is 15.7 Å². The van der Waals surface area contributed by atoms with Crippen LogP contribution in [0.3, 0.4) is 0 Å². The third-order valence-electron chi connectivity index (χ3n) is 2.28. The van der Waals surface area contributed by atoms with Gasteiger partial charge in [0, 0.05) is 12.1 Å². The number of anilines is 1. The van der Waals surface area contributed by atoms with Gasteiger partial charge in [0.1, 0.15) is 5.52 Å². The summed E-state index contributed by atoms with van der Waals surface area (Å²) in [5.74, 6) is -1.12. The van der Waals surface area contributed by atoms with Crippen molar-refractivity contribution < 1.29 is 17.6 Å². The lowest BCUT2D eigenvalue weighted by Crippen LogP contribution is -2.17. The van der Waals surface area contributed by atoms with Crippen LogP contribution in [0.4, 0.5) is 5.69 Å². The van der Waals surface area contributed by atoms with E-state index < -0.39 is 26.7 Å². The number of sulfone groups is 1. The maximum atomic E-state index is 11.8. The molecule has 7 nitrogen and oxygen atoms in total. The molecule has 18 heavy (non-hydrogen) atoms. The monoisotopic (exact) mass is 269 g/mol. The number of carbonyl (C=O) groups is 1. The average Bonchev–Trinajstić information content (AvgIpc) is 2.70. The highest BCUT2D eigenvalue weighted by Crippen LogP contribution is 2.21. The zero-order valence-electron chi connectivity index (χ0n) is 9.29. The molecule has 0 saturated heterocycles. The third-order valence-corrected chi connectivity index (χ3v) is 3.72. The first-order chi connectivity index (χ1) is 8.38.